The molecule has 3 aromatic carbocycles. The van der Waals surface area contributed by atoms with Gasteiger partial charge in [-0.2, -0.15) is 8.78 Å². The number of halogens is 2. The standard InChI is InChI=1S/C21H17F2N5O2S/c22-20(23)30-15-10-8-14(9-11-15)19-26-27-21(28(19)24)31-12-18(29)25-17-7-3-5-13-4-1-2-6-16(13)17/h1-11,20H,12,24H2,(H,25,29). The summed E-state index contributed by atoms with van der Waals surface area (Å²) in [4.78, 5) is 12.4. The van der Waals surface area contributed by atoms with E-state index in [4.69, 9.17) is 5.84 Å². The summed E-state index contributed by atoms with van der Waals surface area (Å²) in [5, 5.41) is 13.3. The third-order valence-corrected chi connectivity index (χ3v) is 5.34. The second-order valence-corrected chi connectivity index (χ2v) is 7.39. The predicted molar refractivity (Wildman–Crippen MR) is 116 cm³/mol. The first-order valence-electron chi connectivity index (χ1n) is 9.17. The van der Waals surface area contributed by atoms with E-state index in [1.54, 1.807) is 12.1 Å². The highest BCUT2D eigenvalue weighted by atomic mass is 32.2. The molecule has 4 aromatic rings. The van der Waals surface area contributed by atoms with Crippen molar-refractivity contribution in [3.63, 3.8) is 0 Å². The van der Waals surface area contributed by atoms with Crippen molar-refractivity contribution in [1.29, 1.82) is 0 Å². The van der Waals surface area contributed by atoms with Gasteiger partial charge in [-0.3, -0.25) is 4.79 Å². The number of nitrogens with zero attached hydrogens (tertiary/aromatic N) is 3. The molecule has 0 unspecified atom stereocenters. The summed E-state index contributed by atoms with van der Waals surface area (Å²) >= 11 is 1.14. The molecule has 1 heterocycles. The molecule has 4 rings (SSSR count). The molecule has 1 aromatic heterocycles. The monoisotopic (exact) mass is 441 g/mol. The summed E-state index contributed by atoms with van der Waals surface area (Å²) in [5.41, 5.74) is 1.30. The lowest BCUT2D eigenvalue weighted by molar-refractivity contribution is -0.113. The highest BCUT2D eigenvalue weighted by Crippen LogP contribution is 2.26. The van der Waals surface area contributed by atoms with Crippen molar-refractivity contribution in [2.24, 2.45) is 0 Å². The fraction of sp³-hybridized carbons (Fsp3) is 0.0952. The van der Waals surface area contributed by atoms with Gasteiger partial charge in [-0.15, -0.1) is 10.2 Å². The number of hydrogen-bond donors (Lipinski definition) is 2. The molecule has 31 heavy (non-hydrogen) atoms. The Hall–Kier alpha value is -3.66. The van der Waals surface area contributed by atoms with Crippen molar-refractivity contribution in [2.75, 3.05) is 16.9 Å². The number of rotatable bonds is 7. The number of carbonyl (C=O) groups is 1. The maximum Gasteiger partial charge on any atom is 0.387 e. The minimum atomic E-state index is -2.90. The number of nitrogen functional groups attached to an aromatic ring is 1. The van der Waals surface area contributed by atoms with Crippen LogP contribution in [0.3, 0.4) is 0 Å². The van der Waals surface area contributed by atoms with Crippen LogP contribution in [0.2, 0.25) is 0 Å². The lowest BCUT2D eigenvalue weighted by Gasteiger charge is -2.09. The topological polar surface area (TPSA) is 95.1 Å². The van der Waals surface area contributed by atoms with Crippen molar-refractivity contribution in [3.05, 3.63) is 66.7 Å². The highest BCUT2D eigenvalue weighted by Gasteiger charge is 2.15. The molecule has 0 bridgehead atoms. The predicted octanol–water partition coefficient (Wildman–Crippen LogP) is 4.14. The average Bonchev–Trinajstić information content (AvgIpc) is 3.13. The van der Waals surface area contributed by atoms with Gasteiger partial charge in [0.05, 0.1) is 5.75 Å². The summed E-state index contributed by atoms with van der Waals surface area (Å²) in [7, 11) is 0. The molecule has 1 amide bonds. The number of nitrogens with two attached hydrogens (primary N) is 1. The number of ether oxygens (including phenoxy) is 1. The second kappa shape index (κ2) is 9.00. The Bertz CT molecular complexity index is 1210. The van der Waals surface area contributed by atoms with Crippen molar-refractivity contribution in [2.45, 2.75) is 11.8 Å². The third kappa shape index (κ3) is 4.75. The molecule has 0 saturated carbocycles. The number of benzene rings is 3. The van der Waals surface area contributed by atoms with E-state index in [-0.39, 0.29) is 17.4 Å². The van der Waals surface area contributed by atoms with Crippen LogP contribution in [0.4, 0.5) is 14.5 Å². The molecule has 3 N–H and O–H groups in total. The van der Waals surface area contributed by atoms with E-state index in [9.17, 15) is 13.6 Å². The third-order valence-electron chi connectivity index (χ3n) is 4.40. The van der Waals surface area contributed by atoms with E-state index in [0.717, 1.165) is 28.2 Å². The zero-order valence-electron chi connectivity index (χ0n) is 16.0. The van der Waals surface area contributed by atoms with Crippen LogP contribution in [0.25, 0.3) is 22.2 Å². The molecule has 0 aliphatic heterocycles. The van der Waals surface area contributed by atoms with E-state index in [0.29, 0.717) is 16.5 Å². The molecule has 0 aliphatic rings. The molecular formula is C21H17F2N5O2S. The van der Waals surface area contributed by atoms with Crippen molar-refractivity contribution in [1.82, 2.24) is 14.9 Å². The van der Waals surface area contributed by atoms with Gasteiger partial charge < -0.3 is 15.9 Å². The minimum absolute atomic E-state index is 0.0292. The first kappa shape index (κ1) is 20.6. The van der Waals surface area contributed by atoms with Crippen LogP contribution in [0.1, 0.15) is 0 Å². The summed E-state index contributed by atoms with van der Waals surface area (Å²) in [6.45, 7) is -2.90. The van der Waals surface area contributed by atoms with Gasteiger partial charge in [-0.25, -0.2) is 4.68 Å². The Kier molecular flexibility index (Phi) is 5.99. The van der Waals surface area contributed by atoms with Gasteiger partial charge in [0.25, 0.3) is 0 Å². The number of alkyl halides is 2. The van der Waals surface area contributed by atoms with Gasteiger partial charge in [-0.05, 0) is 35.7 Å². The molecular weight excluding hydrogens is 424 g/mol. The quantitative estimate of drug-likeness (QED) is 0.331. The van der Waals surface area contributed by atoms with Crippen LogP contribution in [0, 0.1) is 0 Å². The largest absolute Gasteiger partial charge is 0.435 e. The maximum atomic E-state index is 12.4. The first-order chi connectivity index (χ1) is 15.0. The van der Waals surface area contributed by atoms with Crippen molar-refractivity contribution < 1.29 is 18.3 Å². The van der Waals surface area contributed by atoms with Crippen molar-refractivity contribution in [3.8, 4) is 17.1 Å². The zero-order chi connectivity index (χ0) is 21.8. The lowest BCUT2D eigenvalue weighted by atomic mass is 10.1. The first-order valence-corrected chi connectivity index (χ1v) is 10.2. The van der Waals surface area contributed by atoms with Gasteiger partial charge in [0.1, 0.15) is 5.75 Å². The van der Waals surface area contributed by atoms with Gasteiger partial charge >= 0.3 is 6.61 Å². The smallest absolute Gasteiger partial charge is 0.387 e. The van der Waals surface area contributed by atoms with Gasteiger partial charge in [0.2, 0.25) is 11.1 Å². The molecule has 10 heteroatoms. The van der Waals surface area contributed by atoms with Crippen LogP contribution in [0.15, 0.2) is 71.9 Å². The van der Waals surface area contributed by atoms with Gasteiger partial charge in [0, 0.05) is 16.6 Å². The Morgan fingerprint density at radius 1 is 1.06 bits per heavy atom. The molecule has 0 aliphatic carbocycles. The molecule has 0 atom stereocenters. The average molecular weight is 441 g/mol. The maximum absolute atomic E-state index is 12.4. The Balaban J connectivity index is 1.41. The second-order valence-electron chi connectivity index (χ2n) is 6.44. The van der Waals surface area contributed by atoms with Gasteiger partial charge in [-0.1, -0.05) is 48.2 Å². The van der Waals surface area contributed by atoms with E-state index >= 15 is 0 Å². The summed E-state index contributed by atoms with van der Waals surface area (Å²) in [5.74, 6) is 6.29. The number of anilines is 1. The number of amides is 1. The normalized spacial score (nSPS) is 11.1. The lowest BCUT2D eigenvalue weighted by Crippen LogP contribution is -2.16. The molecule has 0 fully saturated rings. The van der Waals surface area contributed by atoms with E-state index in [2.05, 4.69) is 20.3 Å². The fourth-order valence-electron chi connectivity index (χ4n) is 3.01. The summed E-state index contributed by atoms with van der Waals surface area (Å²) in [6.07, 6.45) is 0. The Morgan fingerprint density at radius 3 is 2.58 bits per heavy atom. The Morgan fingerprint density at radius 2 is 1.81 bits per heavy atom. The number of carbonyl (C=O) groups excluding carboxylic acids is 1. The highest BCUT2D eigenvalue weighted by molar-refractivity contribution is 7.99. The zero-order valence-corrected chi connectivity index (χ0v) is 16.9. The van der Waals surface area contributed by atoms with Crippen LogP contribution in [-0.2, 0) is 4.79 Å². The summed E-state index contributed by atoms with van der Waals surface area (Å²) < 4.78 is 30.1. The molecule has 0 saturated heterocycles. The van der Waals surface area contributed by atoms with Crippen molar-refractivity contribution >= 4 is 34.1 Å². The fourth-order valence-corrected chi connectivity index (χ4v) is 3.67. The molecule has 7 nitrogen and oxygen atoms in total. The SMILES string of the molecule is Nn1c(SCC(=O)Nc2cccc3ccccc23)nnc1-c1ccc(OC(F)F)cc1. The van der Waals surface area contributed by atoms with E-state index < -0.39 is 6.61 Å². The van der Waals surface area contributed by atoms with E-state index in [1.807, 2.05) is 42.5 Å². The molecule has 0 spiro atoms. The minimum Gasteiger partial charge on any atom is -0.435 e. The summed E-state index contributed by atoms with van der Waals surface area (Å²) in [6, 6.07) is 19.3. The number of aromatic nitrogens is 3. The van der Waals surface area contributed by atoms with Crippen LogP contribution in [-0.4, -0.2) is 33.1 Å². The van der Waals surface area contributed by atoms with Crippen LogP contribution >= 0.6 is 11.8 Å². The Labute approximate surface area is 180 Å². The number of hydrogen-bond acceptors (Lipinski definition) is 6. The number of fused-ring (bicyclic) bond motifs is 1. The molecule has 158 valence electrons. The van der Waals surface area contributed by atoms with Gasteiger partial charge in [0.15, 0.2) is 5.82 Å². The number of thioether (sulfide) groups is 1. The number of nitrogens with one attached hydrogen (secondary N) is 1. The van der Waals surface area contributed by atoms with Crippen LogP contribution in [0.5, 0.6) is 5.75 Å². The van der Waals surface area contributed by atoms with E-state index in [1.165, 1.54) is 16.8 Å². The van der Waals surface area contributed by atoms with Crippen LogP contribution < -0.4 is 15.9 Å². The molecule has 0 radical (unpaired) electrons.